The van der Waals surface area contributed by atoms with Crippen LogP contribution in [0.4, 0.5) is 0 Å². The van der Waals surface area contributed by atoms with Crippen molar-refractivity contribution in [2.24, 2.45) is 0 Å². The van der Waals surface area contributed by atoms with Crippen LogP contribution >= 0.6 is 0 Å². The van der Waals surface area contributed by atoms with E-state index in [1.807, 2.05) is 19.1 Å². The highest BCUT2D eigenvalue weighted by Crippen LogP contribution is 2.43. The van der Waals surface area contributed by atoms with Crippen LogP contribution in [0.5, 0.6) is 5.75 Å². The van der Waals surface area contributed by atoms with Gasteiger partial charge in [0.25, 0.3) is 0 Å². The van der Waals surface area contributed by atoms with Gasteiger partial charge in [-0.1, -0.05) is 96.1 Å². The van der Waals surface area contributed by atoms with E-state index >= 15 is 0 Å². The minimum Gasteiger partial charge on any atom is -0.508 e. The summed E-state index contributed by atoms with van der Waals surface area (Å²) < 4.78 is 11.0. The number of carbonyl (C=O) groups excluding carboxylic acids is 1. The average molecular weight is 419 g/mol. The van der Waals surface area contributed by atoms with E-state index in [4.69, 9.17) is 9.47 Å². The molecule has 1 aromatic rings. The largest absolute Gasteiger partial charge is 0.508 e. The number of aromatic hydroxyl groups is 1. The van der Waals surface area contributed by atoms with Crippen molar-refractivity contribution < 1.29 is 19.4 Å². The minimum atomic E-state index is -0.649. The van der Waals surface area contributed by atoms with Crippen LogP contribution in [-0.4, -0.2) is 24.3 Å². The van der Waals surface area contributed by atoms with Gasteiger partial charge in [0.2, 0.25) is 0 Å². The summed E-state index contributed by atoms with van der Waals surface area (Å²) in [4.78, 5) is 12.0. The topological polar surface area (TPSA) is 59.1 Å². The molecule has 1 heterocycles. The molecule has 1 aromatic carbocycles. The van der Waals surface area contributed by atoms with Crippen LogP contribution in [0.25, 0.3) is 0 Å². The van der Waals surface area contributed by atoms with Gasteiger partial charge >= 0.3 is 5.97 Å². The molecule has 1 unspecified atom stereocenters. The van der Waals surface area contributed by atoms with Gasteiger partial charge in [-0.2, -0.15) is 0 Å². The van der Waals surface area contributed by atoms with Crippen LogP contribution in [0.1, 0.15) is 108 Å². The van der Waals surface area contributed by atoms with Crippen molar-refractivity contribution in [3.8, 4) is 5.75 Å². The molecule has 1 aliphatic heterocycles. The molecule has 0 bridgehead atoms. The summed E-state index contributed by atoms with van der Waals surface area (Å²) in [5.41, 5.74) is 1.05. The number of rotatable bonds is 17. The first-order valence-electron chi connectivity index (χ1n) is 12.2. The monoisotopic (exact) mass is 418 g/mol. The van der Waals surface area contributed by atoms with E-state index < -0.39 is 5.60 Å². The molecule has 0 saturated carbocycles. The Morgan fingerprint density at radius 3 is 2.00 bits per heavy atom. The number of phenols is 1. The standard InChI is InChI=1S/C26H42O4/c1-3-4-5-6-7-8-9-10-11-12-13-14-15-16-25(28)29-20-26(21-30-26)23-18-17-22(2)19-24(23)27/h17-19,27H,3-16,20-21H2,1-2H3. The van der Waals surface area contributed by atoms with Gasteiger partial charge in [-0.25, -0.2) is 0 Å². The summed E-state index contributed by atoms with van der Waals surface area (Å²) >= 11 is 0. The maximum atomic E-state index is 12.0. The maximum absolute atomic E-state index is 12.0. The normalized spacial score (nSPS) is 17.8. The molecule has 0 spiro atoms. The number of benzene rings is 1. The van der Waals surface area contributed by atoms with Crippen molar-refractivity contribution in [3.63, 3.8) is 0 Å². The first-order chi connectivity index (χ1) is 14.6. The second-order valence-electron chi connectivity index (χ2n) is 8.96. The second kappa shape index (κ2) is 13.7. The first-order valence-corrected chi connectivity index (χ1v) is 12.2. The number of phenolic OH excluding ortho intramolecular Hbond substituents is 1. The Morgan fingerprint density at radius 1 is 0.967 bits per heavy atom. The SMILES string of the molecule is CCCCCCCCCCCCCCCC(=O)OCC1(c2ccc(C)cc2O)CO1. The third kappa shape index (κ3) is 9.07. The summed E-state index contributed by atoms with van der Waals surface area (Å²) in [6.07, 6.45) is 17.3. The molecule has 1 aliphatic rings. The van der Waals surface area contributed by atoms with Gasteiger partial charge in [-0.3, -0.25) is 4.79 Å². The zero-order chi connectivity index (χ0) is 21.7. The lowest BCUT2D eigenvalue weighted by Crippen LogP contribution is -2.20. The number of hydrogen-bond acceptors (Lipinski definition) is 4. The molecule has 4 nitrogen and oxygen atoms in total. The summed E-state index contributed by atoms with van der Waals surface area (Å²) in [5, 5.41) is 10.1. The van der Waals surface area contributed by atoms with E-state index in [9.17, 15) is 9.90 Å². The molecule has 2 rings (SSSR count). The maximum Gasteiger partial charge on any atom is 0.305 e. The quantitative estimate of drug-likeness (QED) is 0.169. The van der Waals surface area contributed by atoms with Crippen molar-refractivity contribution in [2.45, 2.75) is 109 Å². The molecule has 0 aliphatic carbocycles. The molecule has 0 radical (unpaired) electrons. The fourth-order valence-electron chi connectivity index (χ4n) is 3.99. The fraction of sp³-hybridized carbons (Fsp3) is 0.731. The molecule has 0 aromatic heterocycles. The van der Waals surface area contributed by atoms with E-state index in [2.05, 4.69) is 6.92 Å². The number of carbonyl (C=O) groups is 1. The van der Waals surface area contributed by atoms with E-state index in [-0.39, 0.29) is 18.3 Å². The van der Waals surface area contributed by atoms with Crippen LogP contribution in [-0.2, 0) is 19.9 Å². The Morgan fingerprint density at radius 2 is 1.50 bits per heavy atom. The van der Waals surface area contributed by atoms with Crippen LogP contribution in [0, 0.1) is 6.92 Å². The van der Waals surface area contributed by atoms with Crippen molar-refractivity contribution in [1.29, 1.82) is 0 Å². The predicted octanol–water partition coefficient (Wildman–Crippen LogP) is 6.95. The lowest BCUT2D eigenvalue weighted by molar-refractivity contribution is -0.145. The minimum absolute atomic E-state index is 0.167. The smallest absolute Gasteiger partial charge is 0.305 e. The molecule has 1 saturated heterocycles. The average Bonchev–Trinajstić information content (AvgIpc) is 3.50. The van der Waals surface area contributed by atoms with Crippen LogP contribution in [0.3, 0.4) is 0 Å². The van der Waals surface area contributed by atoms with E-state index in [0.29, 0.717) is 18.6 Å². The summed E-state index contributed by atoms with van der Waals surface area (Å²) in [7, 11) is 0. The highest BCUT2D eigenvalue weighted by Gasteiger charge is 2.49. The zero-order valence-corrected chi connectivity index (χ0v) is 19.2. The van der Waals surface area contributed by atoms with E-state index in [1.54, 1.807) is 6.07 Å². The van der Waals surface area contributed by atoms with Crippen molar-refractivity contribution in [2.75, 3.05) is 13.2 Å². The molecule has 30 heavy (non-hydrogen) atoms. The Labute approximate surface area is 183 Å². The lowest BCUT2D eigenvalue weighted by Gasteiger charge is -2.15. The summed E-state index contributed by atoms with van der Waals surface area (Å²) in [6, 6.07) is 5.51. The number of unbranched alkanes of at least 4 members (excludes halogenated alkanes) is 12. The highest BCUT2D eigenvalue weighted by atomic mass is 16.6. The number of aryl methyl sites for hydroxylation is 1. The lowest BCUT2D eigenvalue weighted by atomic mass is 9.98. The second-order valence-corrected chi connectivity index (χ2v) is 8.96. The summed E-state index contributed by atoms with van der Waals surface area (Å²) in [6.45, 7) is 4.86. The van der Waals surface area contributed by atoms with Gasteiger partial charge in [-0.05, 0) is 25.0 Å². The molecule has 1 N–H and O–H groups in total. The van der Waals surface area contributed by atoms with Gasteiger partial charge in [0.15, 0.2) is 5.60 Å². The van der Waals surface area contributed by atoms with E-state index in [0.717, 1.165) is 18.4 Å². The Kier molecular flexibility index (Phi) is 11.3. The van der Waals surface area contributed by atoms with E-state index in [1.165, 1.54) is 70.6 Å². The van der Waals surface area contributed by atoms with Gasteiger partial charge < -0.3 is 14.6 Å². The summed E-state index contributed by atoms with van der Waals surface area (Å²) in [5.74, 6) is 0.0413. The van der Waals surface area contributed by atoms with Gasteiger partial charge in [-0.15, -0.1) is 0 Å². The highest BCUT2D eigenvalue weighted by molar-refractivity contribution is 5.69. The van der Waals surface area contributed by atoms with Gasteiger partial charge in [0.05, 0.1) is 6.61 Å². The Hall–Kier alpha value is -1.55. The fourth-order valence-corrected chi connectivity index (χ4v) is 3.99. The molecule has 1 atom stereocenters. The number of esters is 1. The Bertz CT molecular complexity index is 621. The number of hydrogen-bond donors (Lipinski definition) is 1. The first kappa shape index (κ1) is 24.7. The molecule has 170 valence electrons. The van der Waals surface area contributed by atoms with Gasteiger partial charge in [0, 0.05) is 12.0 Å². The number of epoxide rings is 1. The van der Waals surface area contributed by atoms with Crippen LogP contribution in [0.15, 0.2) is 18.2 Å². The Balaban J connectivity index is 1.45. The van der Waals surface area contributed by atoms with Crippen molar-refractivity contribution in [1.82, 2.24) is 0 Å². The van der Waals surface area contributed by atoms with Crippen LogP contribution < -0.4 is 0 Å². The number of ether oxygens (including phenoxy) is 2. The molecule has 4 heteroatoms. The molecular weight excluding hydrogens is 376 g/mol. The molecule has 0 amide bonds. The molecular formula is C26H42O4. The van der Waals surface area contributed by atoms with Gasteiger partial charge in [0.1, 0.15) is 12.4 Å². The molecule has 1 fully saturated rings. The van der Waals surface area contributed by atoms with Crippen molar-refractivity contribution in [3.05, 3.63) is 29.3 Å². The predicted molar refractivity (Wildman–Crippen MR) is 122 cm³/mol. The van der Waals surface area contributed by atoms with Crippen LogP contribution in [0.2, 0.25) is 0 Å². The zero-order valence-electron chi connectivity index (χ0n) is 19.2. The van der Waals surface area contributed by atoms with Crippen molar-refractivity contribution >= 4 is 5.97 Å². The third-order valence-electron chi connectivity index (χ3n) is 6.09. The third-order valence-corrected chi connectivity index (χ3v) is 6.09.